The van der Waals surface area contributed by atoms with E-state index in [2.05, 4.69) is 0 Å². The summed E-state index contributed by atoms with van der Waals surface area (Å²) in [5.41, 5.74) is -6.16. The molecule has 1 aromatic rings. The molecule has 0 saturated heterocycles. The van der Waals surface area contributed by atoms with Gasteiger partial charge in [-0.3, -0.25) is 4.79 Å². The van der Waals surface area contributed by atoms with Gasteiger partial charge in [0.1, 0.15) is 0 Å². The molecular formula is C16H19F6NO2. The average Bonchev–Trinajstić information content (AvgIpc) is 2.51. The Hall–Kier alpha value is -1.77. The normalized spacial score (nSPS) is 13.0. The van der Waals surface area contributed by atoms with Gasteiger partial charge in [0, 0.05) is 24.2 Å². The first kappa shape index (κ1) is 21.3. The van der Waals surface area contributed by atoms with Crippen molar-refractivity contribution < 1.29 is 36.2 Å². The number of hydrogen-bond acceptors (Lipinski definition) is 2. The number of hydrogen-bond donors (Lipinski definition) is 1. The zero-order valence-corrected chi connectivity index (χ0v) is 13.7. The van der Waals surface area contributed by atoms with Crippen molar-refractivity contribution in [2.45, 2.75) is 51.1 Å². The number of aliphatic hydroxyl groups is 1. The van der Waals surface area contributed by atoms with Gasteiger partial charge in [-0.05, 0) is 25.5 Å². The van der Waals surface area contributed by atoms with E-state index in [1.807, 2.05) is 6.92 Å². The van der Waals surface area contributed by atoms with Gasteiger partial charge < -0.3 is 10.0 Å². The lowest BCUT2D eigenvalue weighted by atomic mass is 9.92. The van der Waals surface area contributed by atoms with Gasteiger partial charge in [0.15, 0.2) is 0 Å². The van der Waals surface area contributed by atoms with E-state index in [1.165, 1.54) is 4.90 Å². The van der Waals surface area contributed by atoms with E-state index in [-0.39, 0.29) is 24.6 Å². The summed E-state index contributed by atoms with van der Waals surface area (Å²) in [4.78, 5) is 13.3. The number of carbonyl (C=O) groups is 1. The van der Waals surface area contributed by atoms with E-state index in [9.17, 15) is 36.2 Å². The molecule has 0 atom stereocenters. The van der Waals surface area contributed by atoms with Crippen LogP contribution >= 0.6 is 0 Å². The number of anilines is 1. The van der Waals surface area contributed by atoms with Crippen molar-refractivity contribution >= 4 is 11.6 Å². The summed E-state index contributed by atoms with van der Waals surface area (Å²) >= 11 is 0. The monoisotopic (exact) mass is 371 g/mol. The molecule has 0 bridgehead atoms. The van der Waals surface area contributed by atoms with Crippen molar-refractivity contribution in [3.8, 4) is 0 Å². The van der Waals surface area contributed by atoms with Crippen molar-refractivity contribution in [2.75, 3.05) is 11.4 Å². The lowest BCUT2D eigenvalue weighted by Gasteiger charge is -2.33. The second-order valence-corrected chi connectivity index (χ2v) is 5.49. The van der Waals surface area contributed by atoms with Gasteiger partial charge >= 0.3 is 12.4 Å². The fraction of sp³-hybridized carbons (Fsp3) is 0.562. The Balaban J connectivity index is 3.22. The summed E-state index contributed by atoms with van der Waals surface area (Å²) in [5, 5.41) is 9.34. The van der Waals surface area contributed by atoms with Gasteiger partial charge in [-0.25, -0.2) is 0 Å². The van der Waals surface area contributed by atoms with E-state index < -0.39 is 23.5 Å². The van der Waals surface area contributed by atoms with Crippen LogP contribution in [0.25, 0.3) is 0 Å². The minimum atomic E-state index is -5.94. The highest BCUT2D eigenvalue weighted by Gasteiger charge is 2.71. The maximum absolute atomic E-state index is 12.8. The topological polar surface area (TPSA) is 40.5 Å². The van der Waals surface area contributed by atoms with E-state index in [0.29, 0.717) is 18.6 Å². The highest BCUT2D eigenvalue weighted by atomic mass is 19.4. The lowest BCUT2D eigenvalue weighted by molar-refractivity contribution is -0.376. The summed E-state index contributed by atoms with van der Waals surface area (Å²) in [6, 6.07) is 2.99. The Bertz CT molecular complexity index is 566. The Morgan fingerprint density at radius 1 is 1.00 bits per heavy atom. The van der Waals surface area contributed by atoms with Crippen molar-refractivity contribution in [1.29, 1.82) is 0 Å². The van der Waals surface area contributed by atoms with E-state index in [0.717, 1.165) is 18.6 Å². The summed E-state index contributed by atoms with van der Waals surface area (Å²) in [7, 11) is 0. The number of nitrogens with zero attached hydrogens (tertiary/aromatic N) is 1. The molecule has 142 valence electrons. The van der Waals surface area contributed by atoms with Crippen LogP contribution in [0.4, 0.5) is 32.0 Å². The number of unbranched alkanes of at least 4 members (excludes halogenated alkanes) is 1. The molecule has 0 heterocycles. The number of alkyl halides is 6. The Morgan fingerprint density at radius 3 is 1.84 bits per heavy atom. The van der Waals surface area contributed by atoms with Crippen LogP contribution in [0.3, 0.4) is 0 Å². The molecule has 0 spiro atoms. The molecule has 1 N–H and O–H groups in total. The fourth-order valence-corrected chi connectivity index (χ4v) is 2.34. The van der Waals surface area contributed by atoms with Crippen LogP contribution in [-0.2, 0) is 10.4 Å². The van der Waals surface area contributed by atoms with Crippen molar-refractivity contribution in [3.05, 3.63) is 29.8 Å². The molecule has 9 heteroatoms. The highest BCUT2D eigenvalue weighted by Crippen LogP contribution is 2.50. The molecule has 0 saturated carbocycles. The average molecular weight is 371 g/mol. The molecule has 0 unspecified atom stereocenters. The Labute approximate surface area is 141 Å². The first-order chi connectivity index (χ1) is 11.4. The number of amides is 1. The summed E-state index contributed by atoms with van der Waals surface area (Å²) < 4.78 is 77.1. The summed E-state index contributed by atoms with van der Waals surface area (Å²) in [5.74, 6) is -0.279. The molecule has 0 radical (unpaired) electrons. The van der Waals surface area contributed by atoms with Gasteiger partial charge in [0.25, 0.3) is 5.60 Å². The second kappa shape index (κ2) is 7.63. The quantitative estimate of drug-likeness (QED) is 0.746. The maximum Gasteiger partial charge on any atom is 0.430 e. The van der Waals surface area contributed by atoms with Crippen LogP contribution in [0.5, 0.6) is 0 Å². The highest BCUT2D eigenvalue weighted by molar-refractivity contribution is 5.93. The van der Waals surface area contributed by atoms with Gasteiger partial charge in [0.2, 0.25) is 5.91 Å². The SMILES string of the molecule is CCCCC(=O)N(CC)c1ccc(C(O)(C(F)(F)F)C(F)(F)F)cc1. The minimum absolute atomic E-state index is 0.166. The predicted octanol–water partition coefficient (Wildman–Crippen LogP) is 4.54. The van der Waals surface area contributed by atoms with Crippen LogP contribution in [-0.4, -0.2) is 29.9 Å². The Morgan fingerprint density at radius 2 is 1.48 bits per heavy atom. The molecular weight excluding hydrogens is 352 g/mol. The Kier molecular flexibility index (Phi) is 6.50. The summed E-state index contributed by atoms with van der Waals surface area (Å²) in [6.07, 6.45) is -10.3. The fourth-order valence-electron chi connectivity index (χ4n) is 2.34. The molecule has 3 nitrogen and oxygen atoms in total. The first-order valence-corrected chi connectivity index (χ1v) is 7.66. The van der Waals surface area contributed by atoms with Crippen LogP contribution in [0.1, 0.15) is 38.7 Å². The van der Waals surface area contributed by atoms with Gasteiger partial charge in [-0.15, -0.1) is 0 Å². The number of carbonyl (C=O) groups excluding carboxylic acids is 1. The largest absolute Gasteiger partial charge is 0.430 e. The van der Waals surface area contributed by atoms with Crippen LogP contribution < -0.4 is 4.90 Å². The third-order valence-corrected chi connectivity index (χ3v) is 3.78. The molecule has 25 heavy (non-hydrogen) atoms. The third kappa shape index (κ3) is 4.26. The predicted molar refractivity (Wildman–Crippen MR) is 80.0 cm³/mol. The number of benzene rings is 1. The van der Waals surface area contributed by atoms with Gasteiger partial charge in [-0.2, -0.15) is 26.3 Å². The van der Waals surface area contributed by atoms with Crippen molar-refractivity contribution in [2.24, 2.45) is 0 Å². The van der Waals surface area contributed by atoms with E-state index in [1.54, 1.807) is 6.92 Å². The second-order valence-electron chi connectivity index (χ2n) is 5.49. The molecule has 0 aliphatic heterocycles. The van der Waals surface area contributed by atoms with Crippen molar-refractivity contribution in [1.82, 2.24) is 0 Å². The van der Waals surface area contributed by atoms with Gasteiger partial charge in [-0.1, -0.05) is 25.5 Å². The zero-order chi connectivity index (χ0) is 19.5. The third-order valence-electron chi connectivity index (χ3n) is 3.78. The maximum atomic E-state index is 12.8. The molecule has 0 aromatic heterocycles. The number of halogens is 6. The van der Waals surface area contributed by atoms with Crippen LogP contribution in [0, 0.1) is 0 Å². The zero-order valence-electron chi connectivity index (χ0n) is 13.7. The molecule has 1 aromatic carbocycles. The van der Waals surface area contributed by atoms with Crippen LogP contribution in [0.2, 0.25) is 0 Å². The van der Waals surface area contributed by atoms with E-state index >= 15 is 0 Å². The number of rotatable bonds is 6. The minimum Gasteiger partial charge on any atom is -0.369 e. The van der Waals surface area contributed by atoms with Crippen LogP contribution in [0.15, 0.2) is 24.3 Å². The molecule has 0 aliphatic rings. The lowest BCUT2D eigenvalue weighted by Crippen LogP contribution is -2.53. The smallest absolute Gasteiger partial charge is 0.369 e. The van der Waals surface area contributed by atoms with Crippen molar-refractivity contribution in [3.63, 3.8) is 0 Å². The van der Waals surface area contributed by atoms with E-state index in [4.69, 9.17) is 0 Å². The molecule has 1 rings (SSSR count). The molecule has 0 aliphatic carbocycles. The van der Waals surface area contributed by atoms with Gasteiger partial charge in [0.05, 0.1) is 0 Å². The first-order valence-electron chi connectivity index (χ1n) is 7.66. The summed E-state index contributed by atoms with van der Waals surface area (Å²) in [6.45, 7) is 3.73. The molecule has 0 fully saturated rings. The molecule has 1 amide bonds. The standard InChI is InChI=1S/C16H19F6NO2/c1-3-5-6-13(24)23(4-2)12-9-7-11(8-10-12)14(25,15(17,18)19)16(20,21)22/h7-10,25H,3-6H2,1-2H3.